The Morgan fingerprint density at radius 2 is 2.12 bits per heavy atom. The molecule has 2 rings (SSSR count). The molecule has 0 aromatic heterocycles. The number of rotatable bonds is 6. The van der Waals surface area contributed by atoms with E-state index in [0.717, 1.165) is 13.0 Å². The predicted octanol–water partition coefficient (Wildman–Crippen LogP) is 0.692. The van der Waals surface area contributed by atoms with Crippen molar-refractivity contribution in [1.82, 2.24) is 16.1 Å². The standard InChI is InChI=1S/C18H23N3O4/c1-2-3-10-25-15-6-4-13(5-7-15)18(23)20-16-12-19-9-8-14(16)11-17(22)21-24/h4-7,14,16,19,24H,8-12H2,1H3,(H,20,23)(H,21,22)/t14-,16+/m0/s1. The van der Waals surface area contributed by atoms with Crippen molar-refractivity contribution in [3.63, 3.8) is 0 Å². The summed E-state index contributed by atoms with van der Waals surface area (Å²) in [4.78, 5) is 23.8. The number of nitrogens with one attached hydrogen (secondary N) is 3. The van der Waals surface area contributed by atoms with Gasteiger partial charge in [0, 0.05) is 24.6 Å². The van der Waals surface area contributed by atoms with Gasteiger partial charge in [0.15, 0.2) is 0 Å². The first-order valence-corrected chi connectivity index (χ1v) is 8.21. The third-order valence-corrected chi connectivity index (χ3v) is 4.12. The molecular weight excluding hydrogens is 322 g/mol. The molecule has 25 heavy (non-hydrogen) atoms. The summed E-state index contributed by atoms with van der Waals surface area (Å²) in [6, 6.07) is 6.66. The van der Waals surface area contributed by atoms with Gasteiger partial charge in [0.2, 0.25) is 5.91 Å². The number of carbonyl (C=O) groups excluding carboxylic acids is 2. The summed E-state index contributed by atoms with van der Waals surface area (Å²) in [5, 5.41) is 14.9. The van der Waals surface area contributed by atoms with Crippen LogP contribution >= 0.6 is 0 Å². The summed E-state index contributed by atoms with van der Waals surface area (Å²) in [5.41, 5.74) is 2.17. The van der Waals surface area contributed by atoms with Crippen LogP contribution in [0.1, 0.15) is 30.1 Å². The molecule has 7 nitrogen and oxygen atoms in total. The smallest absolute Gasteiger partial charge is 0.251 e. The highest BCUT2D eigenvalue weighted by atomic mass is 16.5. The average molecular weight is 345 g/mol. The number of hydrogen-bond donors (Lipinski definition) is 4. The van der Waals surface area contributed by atoms with Crippen LogP contribution in [0.2, 0.25) is 0 Å². The lowest BCUT2D eigenvalue weighted by atomic mass is 9.89. The van der Waals surface area contributed by atoms with Gasteiger partial charge in [-0.05, 0) is 50.1 Å². The lowest BCUT2D eigenvalue weighted by Crippen LogP contribution is -2.52. The molecule has 1 saturated heterocycles. The van der Waals surface area contributed by atoms with E-state index in [-0.39, 0.29) is 24.3 Å². The molecule has 1 aromatic rings. The summed E-state index contributed by atoms with van der Waals surface area (Å²) < 4.78 is 5.42. The maximum absolute atomic E-state index is 12.4. The summed E-state index contributed by atoms with van der Waals surface area (Å²) in [6.45, 7) is 3.42. The first kappa shape index (κ1) is 18.8. The fourth-order valence-corrected chi connectivity index (χ4v) is 2.76. The van der Waals surface area contributed by atoms with Crippen LogP contribution in [0.25, 0.3) is 0 Å². The predicted molar refractivity (Wildman–Crippen MR) is 92.2 cm³/mol. The molecule has 0 spiro atoms. The van der Waals surface area contributed by atoms with Gasteiger partial charge < -0.3 is 15.4 Å². The summed E-state index contributed by atoms with van der Waals surface area (Å²) in [6.07, 6.45) is 0.929. The van der Waals surface area contributed by atoms with Gasteiger partial charge in [-0.1, -0.05) is 5.92 Å². The minimum atomic E-state index is -0.442. The van der Waals surface area contributed by atoms with Crippen molar-refractivity contribution >= 4 is 11.8 Å². The van der Waals surface area contributed by atoms with E-state index in [2.05, 4.69) is 22.5 Å². The van der Waals surface area contributed by atoms with Gasteiger partial charge in [0.05, 0.1) is 0 Å². The Kier molecular flexibility index (Phi) is 7.26. The van der Waals surface area contributed by atoms with Crippen LogP contribution in [-0.4, -0.2) is 42.8 Å². The van der Waals surface area contributed by atoms with Gasteiger partial charge in [0.1, 0.15) is 12.4 Å². The van der Waals surface area contributed by atoms with Gasteiger partial charge in [-0.2, -0.15) is 0 Å². The van der Waals surface area contributed by atoms with E-state index in [4.69, 9.17) is 9.94 Å². The molecule has 0 saturated carbocycles. The zero-order chi connectivity index (χ0) is 18.1. The summed E-state index contributed by atoms with van der Waals surface area (Å²) in [5.74, 6) is 5.53. The largest absolute Gasteiger partial charge is 0.481 e. The Morgan fingerprint density at radius 3 is 2.80 bits per heavy atom. The molecular formula is C18H23N3O4. The van der Waals surface area contributed by atoms with Crippen molar-refractivity contribution in [3.8, 4) is 17.6 Å². The fourth-order valence-electron chi connectivity index (χ4n) is 2.76. The zero-order valence-electron chi connectivity index (χ0n) is 14.2. The van der Waals surface area contributed by atoms with Crippen molar-refractivity contribution in [2.45, 2.75) is 25.8 Å². The number of carbonyl (C=O) groups is 2. The number of piperidine rings is 1. The molecule has 1 aliphatic heterocycles. The Balaban J connectivity index is 1.94. The van der Waals surface area contributed by atoms with Crippen molar-refractivity contribution in [3.05, 3.63) is 29.8 Å². The lowest BCUT2D eigenvalue weighted by molar-refractivity contribution is -0.130. The van der Waals surface area contributed by atoms with E-state index in [0.29, 0.717) is 24.5 Å². The second kappa shape index (κ2) is 9.67. The van der Waals surface area contributed by atoms with E-state index >= 15 is 0 Å². The van der Waals surface area contributed by atoms with E-state index in [1.54, 1.807) is 36.7 Å². The molecule has 7 heteroatoms. The Bertz CT molecular complexity index is 649. The van der Waals surface area contributed by atoms with Crippen LogP contribution in [0.5, 0.6) is 5.75 Å². The minimum Gasteiger partial charge on any atom is -0.481 e. The second-order valence-corrected chi connectivity index (χ2v) is 5.81. The minimum absolute atomic E-state index is 0.0208. The van der Waals surface area contributed by atoms with Gasteiger partial charge in [0.25, 0.3) is 5.91 Å². The molecule has 1 fully saturated rings. The summed E-state index contributed by atoms with van der Waals surface area (Å²) in [7, 11) is 0. The molecule has 4 N–H and O–H groups in total. The van der Waals surface area contributed by atoms with Gasteiger partial charge in [-0.25, -0.2) is 5.48 Å². The molecule has 1 aliphatic rings. The highest BCUT2D eigenvalue weighted by Gasteiger charge is 2.28. The maximum atomic E-state index is 12.4. The highest BCUT2D eigenvalue weighted by molar-refractivity contribution is 5.94. The number of hydrogen-bond acceptors (Lipinski definition) is 5. The molecule has 134 valence electrons. The molecule has 2 amide bonds. The third-order valence-electron chi connectivity index (χ3n) is 4.12. The molecule has 1 aromatic carbocycles. The average Bonchev–Trinajstić information content (AvgIpc) is 2.64. The topological polar surface area (TPSA) is 99.7 Å². The zero-order valence-corrected chi connectivity index (χ0v) is 14.2. The highest BCUT2D eigenvalue weighted by Crippen LogP contribution is 2.18. The van der Waals surface area contributed by atoms with Gasteiger partial charge >= 0.3 is 0 Å². The number of benzene rings is 1. The van der Waals surface area contributed by atoms with E-state index < -0.39 is 5.91 Å². The monoisotopic (exact) mass is 345 g/mol. The van der Waals surface area contributed by atoms with Crippen LogP contribution in [-0.2, 0) is 4.79 Å². The first-order chi connectivity index (χ1) is 12.1. The van der Waals surface area contributed by atoms with Crippen LogP contribution < -0.4 is 20.9 Å². The van der Waals surface area contributed by atoms with Crippen LogP contribution in [0.4, 0.5) is 0 Å². The molecule has 0 aliphatic carbocycles. The molecule has 0 unspecified atom stereocenters. The number of ether oxygens (including phenoxy) is 1. The van der Waals surface area contributed by atoms with Gasteiger partial charge in [-0.15, -0.1) is 5.92 Å². The van der Waals surface area contributed by atoms with E-state index in [1.807, 2.05) is 0 Å². The Hall–Kier alpha value is -2.56. The molecule has 2 atom stereocenters. The third kappa shape index (κ3) is 5.78. The normalized spacial score (nSPS) is 19.3. The van der Waals surface area contributed by atoms with E-state index in [1.165, 1.54) is 0 Å². The molecule has 0 bridgehead atoms. The summed E-state index contributed by atoms with van der Waals surface area (Å²) >= 11 is 0. The van der Waals surface area contributed by atoms with Gasteiger partial charge in [-0.3, -0.25) is 14.8 Å². The van der Waals surface area contributed by atoms with Crippen LogP contribution in [0.3, 0.4) is 0 Å². The first-order valence-electron chi connectivity index (χ1n) is 8.21. The Morgan fingerprint density at radius 1 is 1.36 bits per heavy atom. The molecule has 0 radical (unpaired) electrons. The van der Waals surface area contributed by atoms with Crippen molar-refractivity contribution in [2.24, 2.45) is 5.92 Å². The molecule has 1 heterocycles. The lowest BCUT2D eigenvalue weighted by Gasteiger charge is -2.32. The maximum Gasteiger partial charge on any atom is 0.251 e. The SMILES string of the molecule is CC#CCOc1ccc(C(=O)N[C@@H]2CNCC[C@H]2CC(=O)NO)cc1. The number of amides is 2. The number of hydroxylamine groups is 1. The quantitative estimate of drug-likeness (QED) is 0.345. The van der Waals surface area contributed by atoms with Crippen molar-refractivity contribution < 1.29 is 19.5 Å². The Labute approximate surface area is 147 Å². The van der Waals surface area contributed by atoms with Crippen molar-refractivity contribution in [2.75, 3.05) is 19.7 Å². The van der Waals surface area contributed by atoms with Crippen LogP contribution in [0.15, 0.2) is 24.3 Å². The van der Waals surface area contributed by atoms with E-state index in [9.17, 15) is 9.59 Å². The van der Waals surface area contributed by atoms with Crippen molar-refractivity contribution in [1.29, 1.82) is 0 Å². The fraction of sp³-hybridized carbons (Fsp3) is 0.444. The second-order valence-electron chi connectivity index (χ2n) is 5.81. The van der Waals surface area contributed by atoms with Crippen LogP contribution in [0, 0.1) is 17.8 Å².